The highest BCUT2D eigenvalue weighted by Crippen LogP contribution is 2.27. The number of nitrogens with one attached hydrogen (secondary N) is 2. The molecule has 0 unspecified atom stereocenters. The molecule has 152 valence electrons. The van der Waals surface area contributed by atoms with E-state index in [1.807, 2.05) is 65.5 Å². The van der Waals surface area contributed by atoms with Crippen molar-refractivity contribution in [3.05, 3.63) is 96.4 Å². The molecule has 31 heavy (non-hydrogen) atoms. The average Bonchev–Trinajstić information content (AvgIpc) is 3.25. The topological polar surface area (TPSA) is 80.6 Å². The van der Waals surface area contributed by atoms with Gasteiger partial charge in [-0.2, -0.15) is 15.1 Å². The van der Waals surface area contributed by atoms with Crippen molar-refractivity contribution in [2.75, 3.05) is 10.6 Å². The number of aromatic nitrogens is 5. The molecule has 0 bridgehead atoms. The van der Waals surface area contributed by atoms with Crippen molar-refractivity contribution in [1.29, 1.82) is 0 Å². The van der Waals surface area contributed by atoms with Crippen molar-refractivity contribution in [2.45, 2.75) is 13.5 Å². The molecule has 0 spiro atoms. The van der Waals surface area contributed by atoms with Crippen LogP contribution in [0.25, 0.3) is 16.7 Å². The van der Waals surface area contributed by atoms with Gasteiger partial charge in [-0.15, -0.1) is 0 Å². The van der Waals surface area contributed by atoms with Crippen LogP contribution in [0.15, 0.2) is 85.3 Å². The molecule has 3 heterocycles. The van der Waals surface area contributed by atoms with Crippen LogP contribution in [0.1, 0.15) is 11.1 Å². The molecule has 2 aromatic carbocycles. The normalized spacial score (nSPS) is 10.9. The molecule has 0 saturated carbocycles. The molecule has 0 saturated heterocycles. The fourth-order valence-electron chi connectivity index (χ4n) is 3.30. The maximum absolute atomic E-state index is 4.76. The van der Waals surface area contributed by atoms with Gasteiger partial charge >= 0.3 is 0 Å². The van der Waals surface area contributed by atoms with Gasteiger partial charge in [0, 0.05) is 24.6 Å². The van der Waals surface area contributed by atoms with Crippen molar-refractivity contribution < 1.29 is 0 Å². The quantitative estimate of drug-likeness (QED) is 0.418. The van der Waals surface area contributed by atoms with Crippen LogP contribution in [-0.4, -0.2) is 24.7 Å². The molecule has 5 aromatic rings. The van der Waals surface area contributed by atoms with Gasteiger partial charge in [-0.1, -0.05) is 42.0 Å². The SMILES string of the molecule is Cc1ccc(Nc2nc(NCc3cccnc3)nc3c2cnn3-c2ccccc2)cc1. The number of hydrogen-bond acceptors (Lipinski definition) is 6. The second-order valence-corrected chi connectivity index (χ2v) is 7.23. The van der Waals surface area contributed by atoms with E-state index in [1.54, 1.807) is 12.4 Å². The molecular formula is C24H21N7. The number of para-hydroxylation sites is 1. The monoisotopic (exact) mass is 407 g/mol. The van der Waals surface area contributed by atoms with Crippen LogP contribution in [0.4, 0.5) is 17.5 Å². The zero-order valence-electron chi connectivity index (χ0n) is 17.0. The largest absolute Gasteiger partial charge is 0.350 e. The standard InChI is InChI=1S/C24H21N7/c1-17-9-11-19(12-10-17)28-22-21-16-27-31(20-7-3-2-4-8-20)23(21)30-24(29-22)26-15-18-6-5-13-25-14-18/h2-14,16H,15H2,1H3,(H2,26,28,29,30). The Morgan fingerprint density at radius 3 is 2.48 bits per heavy atom. The molecule has 0 aliphatic carbocycles. The Morgan fingerprint density at radius 2 is 1.71 bits per heavy atom. The van der Waals surface area contributed by atoms with E-state index in [1.165, 1.54) is 5.56 Å². The van der Waals surface area contributed by atoms with Crippen LogP contribution < -0.4 is 10.6 Å². The van der Waals surface area contributed by atoms with Gasteiger partial charge in [0.1, 0.15) is 5.82 Å². The van der Waals surface area contributed by atoms with E-state index in [2.05, 4.69) is 39.8 Å². The van der Waals surface area contributed by atoms with Gasteiger partial charge in [-0.3, -0.25) is 4.98 Å². The van der Waals surface area contributed by atoms with Crippen molar-refractivity contribution in [3.8, 4) is 5.69 Å². The predicted molar refractivity (Wildman–Crippen MR) is 123 cm³/mol. The minimum Gasteiger partial charge on any atom is -0.350 e. The lowest BCUT2D eigenvalue weighted by molar-refractivity contribution is 0.894. The zero-order valence-corrected chi connectivity index (χ0v) is 17.0. The number of fused-ring (bicyclic) bond motifs is 1. The summed E-state index contributed by atoms with van der Waals surface area (Å²) < 4.78 is 1.83. The number of aryl methyl sites for hydroxylation is 1. The lowest BCUT2D eigenvalue weighted by Gasteiger charge is -2.11. The van der Waals surface area contributed by atoms with Crippen molar-refractivity contribution in [1.82, 2.24) is 24.7 Å². The summed E-state index contributed by atoms with van der Waals surface area (Å²) in [6.07, 6.45) is 5.38. The Hall–Kier alpha value is -4.26. The van der Waals surface area contributed by atoms with Crippen LogP contribution in [0.5, 0.6) is 0 Å². The van der Waals surface area contributed by atoms with E-state index in [0.29, 0.717) is 18.3 Å². The van der Waals surface area contributed by atoms with Crippen LogP contribution in [-0.2, 0) is 6.54 Å². The molecule has 0 atom stereocenters. The molecule has 5 rings (SSSR count). The van der Waals surface area contributed by atoms with Crippen LogP contribution >= 0.6 is 0 Å². The summed E-state index contributed by atoms with van der Waals surface area (Å²) in [6.45, 7) is 2.64. The Bertz CT molecular complexity index is 1300. The average molecular weight is 407 g/mol. The smallest absolute Gasteiger partial charge is 0.227 e. The molecular weight excluding hydrogens is 386 g/mol. The summed E-state index contributed by atoms with van der Waals surface area (Å²) in [5.41, 5.74) is 4.88. The van der Waals surface area contributed by atoms with Gasteiger partial charge in [0.2, 0.25) is 5.95 Å². The van der Waals surface area contributed by atoms with Crippen molar-refractivity contribution in [3.63, 3.8) is 0 Å². The summed E-state index contributed by atoms with van der Waals surface area (Å²) in [7, 11) is 0. The van der Waals surface area contributed by atoms with Gasteiger partial charge in [0.15, 0.2) is 5.65 Å². The van der Waals surface area contributed by atoms with E-state index in [9.17, 15) is 0 Å². The molecule has 3 aromatic heterocycles. The highest BCUT2D eigenvalue weighted by atomic mass is 15.3. The van der Waals surface area contributed by atoms with E-state index in [4.69, 9.17) is 9.97 Å². The molecule has 2 N–H and O–H groups in total. The third-order valence-corrected chi connectivity index (χ3v) is 4.92. The first-order valence-corrected chi connectivity index (χ1v) is 10.0. The molecule has 0 aliphatic rings. The highest BCUT2D eigenvalue weighted by molar-refractivity contribution is 5.90. The lowest BCUT2D eigenvalue weighted by Crippen LogP contribution is -2.07. The van der Waals surface area contributed by atoms with Gasteiger partial charge in [0.05, 0.1) is 17.3 Å². The number of rotatable bonds is 6. The summed E-state index contributed by atoms with van der Waals surface area (Å²) >= 11 is 0. The second kappa shape index (κ2) is 8.23. The fraction of sp³-hybridized carbons (Fsp3) is 0.0833. The Labute approximate surface area is 179 Å². The maximum Gasteiger partial charge on any atom is 0.227 e. The molecule has 7 heteroatoms. The number of anilines is 3. The highest BCUT2D eigenvalue weighted by Gasteiger charge is 2.14. The summed E-state index contributed by atoms with van der Waals surface area (Å²) in [5, 5.41) is 12.2. The summed E-state index contributed by atoms with van der Waals surface area (Å²) in [6, 6.07) is 22.1. The number of nitrogens with zero attached hydrogens (tertiary/aromatic N) is 5. The number of hydrogen-bond donors (Lipinski definition) is 2. The van der Waals surface area contributed by atoms with Crippen LogP contribution in [0.2, 0.25) is 0 Å². The lowest BCUT2D eigenvalue weighted by atomic mass is 10.2. The summed E-state index contributed by atoms with van der Waals surface area (Å²) in [5.74, 6) is 1.22. The van der Waals surface area contributed by atoms with Crippen molar-refractivity contribution >= 4 is 28.5 Å². The Balaban J connectivity index is 1.56. The fourth-order valence-corrected chi connectivity index (χ4v) is 3.30. The second-order valence-electron chi connectivity index (χ2n) is 7.23. The van der Waals surface area contributed by atoms with E-state index in [0.717, 1.165) is 28.0 Å². The molecule has 0 amide bonds. The van der Waals surface area contributed by atoms with E-state index in [-0.39, 0.29) is 0 Å². The van der Waals surface area contributed by atoms with Gasteiger partial charge < -0.3 is 10.6 Å². The minimum absolute atomic E-state index is 0.517. The van der Waals surface area contributed by atoms with Gasteiger partial charge in [-0.05, 0) is 42.8 Å². The minimum atomic E-state index is 0.517. The first-order chi connectivity index (χ1) is 15.3. The number of pyridine rings is 1. The first kappa shape index (κ1) is 18.7. The summed E-state index contributed by atoms with van der Waals surface area (Å²) in [4.78, 5) is 13.7. The van der Waals surface area contributed by atoms with E-state index >= 15 is 0 Å². The van der Waals surface area contributed by atoms with Crippen molar-refractivity contribution in [2.24, 2.45) is 0 Å². The molecule has 7 nitrogen and oxygen atoms in total. The maximum atomic E-state index is 4.76. The zero-order chi connectivity index (χ0) is 21.0. The third-order valence-electron chi connectivity index (χ3n) is 4.92. The number of benzene rings is 2. The third kappa shape index (κ3) is 4.06. The predicted octanol–water partition coefficient (Wildman–Crippen LogP) is 4.87. The van der Waals surface area contributed by atoms with Crippen LogP contribution in [0, 0.1) is 6.92 Å². The molecule has 0 fully saturated rings. The van der Waals surface area contributed by atoms with E-state index < -0.39 is 0 Å². The van der Waals surface area contributed by atoms with Gasteiger partial charge in [-0.25, -0.2) is 4.68 Å². The molecule has 0 aliphatic heterocycles. The Kier molecular flexibility index (Phi) is 4.98. The van der Waals surface area contributed by atoms with Gasteiger partial charge in [0.25, 0.3) is 0 Å². The first-order valence-electron chi connectivity index (χ1n) is 10.0. The molecule has 0 radical (unpaired) electrons. The van der Waals surface area contributed by atoms with Crippen LogP contribution in [0.3, 0.4) is 0 Å². The Morgan fingerprint density at radius 1 is 0.871 bits per heavy atom.